The van der Waals surface area contributed by atoms with Crippen LogP contribution >= 0.6 is 0 Å². The molecule has 1 N–H and O–H groups in total. The molecular weight excluding hydrogens is 795 g/mol. The smallest absolute Gasteiger partial charge is 0.164 e. The van der Waals surface area contributed by atoms with Gasteiger partial charge < -0.3 is 9.84 Å². The number of rotatable bonds is 9. The number of aromatic nitrogens is 1. The van der Waals surface area contributed by atoms with E-state index < -0.39 is 0 Å². The largest absolute Gasteiger partial charge is 0.512 e. The predicted molar refractivity (Wildman–Crippen MR) is 208 cm³/mol. The zero-order chi connectivity index (χ0) is 37.4. The first-order valence-electron chi connectivity index (χ1n) is 18.7. The number of fused-ring (bicyclic) bond motifs is 3. The summed E-state index contributed by atoms with van der Waals surface area (Å²) in [7, 11) is 0. The van der Waals surface area contributed by atoms with Crippen molar-refractivity contribution in [3.8, 4) is 22.8 Å². The number of ketones is 1. The van der Waals surface area contributed by atoms with Gasteiger partial charge in [-0.05, 0) is 79.4 Å². The molecule has 4 nitrogen and oxygen atoms in total. The molecule has 0 atom stereocenters. The fourth-order valence-electron chi connectivity index (χ4n) is 6.53. The van der Waals surface area contributed by atoms with Crippen LogP contribution < -0.4 is 4.74 Å². The molecule has 0 aliphatic carbocycles. The summed E-state index contributed by atoms with van der Waals surface area (Å²) in [5, 5.41) is 14.4. The van der Waals surface area contributed by atoms with Crippen LogP contribution in [0, 0.1) is 34.7 Å². The predicted octanol–water partition coefficient (Wildman–Crippen LogP) is 13.1. The van der Waals surface area contributed by atoms with Crippen LogP contribution in [-0.2, 0) is 37.7 Å². The molecule has 5 heteroatoms. The van der Waals surface area contributed by atoms with E-state index in [2.05, 4.69) is 84.9 Å². The second-order valence-electron chi connectivity index (χ2n) is 17.2. The number of benzene rings is 3. The van der Waals surface area contributed by atoms with Gasteiger partial charge in [-0.2, -0.15) is 0 Å². The van der Waals surface area contributed by atoms with Crippen LogP contribution in [0.2, 0.25) is 0 Å². The van der Waals surface area contributed by atoms with Crippen molar-refractivity contribution in [3.05, 3.63) is 77.2 Å². The normalized spacial score (nSPS) is 13.5. The van der Waals surface area contributed by atoms with E-state index in [0.717, 1.165) is 77.4 Å². The van der Waals surface area contributed by atoms with Crippen LogP contribution in [0.1, 0.15) is 127 Å². The number of aliphatic hydroxyl groups excluding tert-OH is 1. The Morgan fingerprint density at radius 3 is 2.04 bits per heavy atom. The van der Waals surface area contributed by atoms with Gasteiger partial charge in [-0.3, -0.25) is 9.78 Å². The van der Waals surface area contributed by atoms with Gasteiger partial charge in [0.05, 0.1) is 7.12 Å². The Balaban J connectivity index is 0.000000335. The molecule has 50 heavy (non-hydrogen) atoms. The van der Waals surface area contributed by atoms with Gasteiger partial charge in [0.1, 0.15) is 11.5 Å². The zero-order valence-corrected chi connectivity index (χ0v) is 35.2. The Kier molecular flexibility index (Phi) is 12.5. The quantitative estimate of drug-likeness (QED) is 0.0911. The number of carbonyl (C=O) groups excluding carboxylic acids is 1. The van der Waals surface area contributed by atoms with Gasteiger partial charge in [-0.1, -0.05) is 123 Å². The average molecular weight is 856 g/mol. The Labute approximate surface area is 317 Å². The van der Waals surface area contributed by atoms with Crippen molar-refractivity contribution in [2.45, 2.75) is 129 Å². The first-order valence-corrected chi connectivity index (χ1v) is 18.2. The Bertz CT molecular complexity index is 1920. The van der Waals surface area contributed by atoms with Crippen LogP contribution in [0.15, 0.2) is 54.4 Å². The third-order valence-electron chi connectivity index (χ3n) is 10.6. The first-order chi connectivity index (χ1) is 23.2. The summed E-state index contributed by atoms with van der Waals surface area (Å²) in [5.41, 5.74) is 4.96. The number of hydrogen-bond donors (Lipinski definition) is 1. The molecule has 0 spiro atoms. The molecule has 3 aromatic carbocycles. The van der Waals surface area contributed by atoms with Crippen molar-refractivity contribution >= 4 is 27.3 Å². The number of pyridine rings is 1. The Morgan fingerprint density at radius 2 is 1.48 bits per heavy atom. The summed E-state index contributed by atoms with van der Waals surface area (Å²) in [5.74, 6) is 1.98. The number of aliphatic hydroxyl groups is 1. The minimum absolute atomic E-state index is 0. The van der Waals surface area contributed by atoms with Gasteiger partial charge in [0.15, 0.2) is 5.78 Å². The first kappa shape index (κ1) is 39.8. The van der Waals surface area contributed by atoms with Crippen molar-refractivity contribution in [3.63, 3.8) is 0 Å². The third-order valence-corrected chi connectivity index (χ3v) is 10.6. The standard InChI is InChI=1S/C30H32NO.C15H28O2.Ir/c1-18-8-9-22-21(12-18)15-23-27-26-20(10-11-31-27)13-19(16-29(2,3)4)14-25(26)32-28(23)24(22)17-30(5,6)7;1-7-14(5,8-2)12(16)11-13(17)15(6,9-3)10-4;/h8-14H,16-17H2,1-7H3;11,16H,7-10H2,1-6H3;/q-1;;/b;12-11-;/i11D;;. The summed E-state index contributed by atoms with van der Waals surface area (Å²) >= 11 is 0. The minimum atomic E-state index is -0.337. The number of carbonyl (C=O) groups is 1. The topological polar surface area (TPSA) is 59.4 Å². The molecule has 0 unspecified atom stereocenters. The second-order valence-corrected chi connectivity index (χ2v) is 17.2. The maximum Gasteiger partial charge on any atom is 0.164 e. The second kappa shape index (κ2) is 15.7. The van der Waals surface area contributed by atoms with E-state index in [1.165, 1.54) is 28.2 Å². The van der Waals surface area contributed by atoms with Gasteiger partial charge in [-0.25, -0.2) is 0 Å². The van der Waals surface area contributed by atoms with E-state index in [0.29, 0.717) is 0 Å². The summed E-state index contributed by atoms with van der Waals surface area (Å²) in [4.78, 5) is 16.9. The Hall–Kier alpha value is -3.01. The monoisotopic (exact) mass is 856 g/mol. The molecule has 1 aliphatic rings. The molecule has 4 aromatic rings. The summed E-state index contributed by atoms with van der Waals surface area (Å²) in [6, 6.07) is 16.4. The van der Waals surface area contributed by atoms with Gasteiger partial charge in [0, 0.05) is 54.3 Å². The molecule has 0 bridgehead atoms. The molecule has 1 aliphatic heterocycles. The molecule has 0 saturated heterocycles. The molecule has 1 aromatic heterocycles. The number of hydrogen-bond acceptors (Lipinski definition) is 4. The number of allylic oxidation sites excluding steroid dienone is 2. The minimum Gasteiger partial charge on any atom is -0.512 e. The van der Waals surface area contributed by atoms with Crippen LogP contribution in [0.3, 0.4) is 0 Å². The van der Waals surface area contributed by atoms with Crippen LogP contribution in [0.5, 0.6) is 11.5 Å². The number of ether oxygens (including phenoxy) is 1. The van der Waals surface area contributed by atoms with Crippen LogP contribution in [0.4, 0.5) is 0 Å². The van der Waals surface area contributed by atoms with E-state index >= 15 is 0 Å². The number of nitrogens with zero attached hydrogens (tertiary/aromatic N) is 1. The van der Waals surface area contributed by atoms with Crippen LogP contribution in [0.25, 0.3) is 32.8 Å². The van der Waals surface area contributed by atoms with Crippen molar-refractivity contribution in [1.82, 2.24) is 4.98 Å². The molecule has 0 fully saturated rings. The molecule has 0 amide bonds. The summed E-state index contributed by atoms with van der Waals surface area (Å²) in [6.45, 7) is 27.7. The Morgan fingerprint density at radius 1 is 0.880 bits per heavy atom. The maximum absolute atomic E-state index is 12.2. The summed E-state index contributed by atoms with van der Waals surface area (Å²) < 4.78 is 15.2. The van der Waals surface area contributed by atoms with Crippen LogP contribution in [-0.4, -0.2) is 15.9 Å². The maximum atomic E-state index is 12.2. The molecule has 2 heterocycles. The van der Waals surface area contributed by atoms with Gasteiger partial charge in [0.2, 0.25) is 0 Å². The third kappa shape index (κ3) is 9.07. The van der Waals surface area contributed by atoms with Gasteiger partial charge in [0.25, 0.3) is 0 Å². The fourth-order valence-corrected chi connectivity index (χ4v) is 6.53. The molecule has 1 radical (unpaired) electrons. The molecular formula is C45H60IrNO3-. The SMILES string of the molecule is CCC(C)(CC)C(=O)/C=C(\O)C(C)(CC)CC.[2H]c1cc2cc(CC(C)(C)C)cc3c2c(n1)-c1[c-]c2cc(C)ccc2c(CC(C)(C)C)c1O3.[Ir]. The molecule has 5 rings (SSSR count). The average Bonchev–Trinajstić information content (AvgIpc) is 3.02. The van der Waals surface area contributed by atoms with E-state index in [9.17, 15) is 9.90 Å². The fraction of sp³-hybridized carbons (Fsp3) is 0.511. The van der Waals surface area contributed by atoms with Gasteiger partial charge >= 0.3 is 0 Å². The van der Waals surface area contributed by atoms with E-state index in [1.54, 1.807) is 0 Å². The van der Waals surface area contributed by atoms with Crippen molar-refractivity contribution in [2.24, 2.45) is 21.7 Å². The summed E-state index contributed by atoms with van der Waals surface area (Å²) in [6.07, 6.45) is 6.85. The van der Waals surface area contributed by atoms with E-state index in [4.69, 9.17) is 11.1 Å². The van der Waals surface area contributed by atoms with Crippen molar-refractivity contribution in [1.29, 1.82) is 0 Å². The zero-order valence-electron chi connectivity index (χ0n) is 33.8. The number of aryl methyl sites for hydroxylation is 1. The van der Waals surface area contributed by atoms with Crippen molar-refractivity contribution < 1.29 is 36.1 Å². The van der Waals surface area contributed by atoms with Crippen molar-refractivity contribution in [2.75, 3.05) is 0 Å². The van der Waals surface area contributed by atoms with Gasteiger partial charge in [-0.15, -0.1) is 17.5 Å². The molecule has 0 saturated carbocycles. The molecule has 273 valence electrons. The van der Waals surface area contributed by atoms with E-state index in [1.807, 2.05) is 47.6 Å². The van der Waals surface area contributed by atoms with E-state index in [-0.39, 0.29) is 59.5 Å².